The fourth-order valence-corrected chi connectivity index (χ4v) is 8.38. The Kier molecular flexibility index (Phi) is 8.57. The highest BCUT2D eigenvalue weighted by atomic mass is 15.0. The molecule has 0 bridgehead atoms. The van der Waals surface area contributed by atoms with E-state index in [2.05, 4.69) is 116 Å². The van der Waals surface area contributed by atoms with Crippen LogP contribution in [0.5, 0.6) is 0 Å². The van der Waals surface area contributed by atoms with Gasteiger partial charge >= 0.3 is 0 Å². The van der Waals surface area contributed by atoms with Gasteiger partial charge in [-0.15, -0.1) is 0 Å². The molecule has 5 heteroatoms. The molecule has 276 valence electrons. The van der Waals surface area contributed by atoms with Crippen molar-refractivity contribution in [1.29, 1.82) is 5.41 Å². The van der Waals surface area contributed by atoms with Crippen molar-refractivity contribution in [2.75, 3.05) is 0 Å². The first-order valence-electron chi connectivity index (χ1n) is 19.6. The van der Waals surface area contributed by atoms with Gasteiger partial charge in [0.25, 0.3) is 0 Å². The van der Waals surface area contributed by atoms with Gasteiger partial charge in [0, 0.05) is 44.5 Å². The molecule has 0 fully saturated rings. The Morgan fingerprint density at radius 2 is 1.00 bits per heavy atom. The van der Waals surface area contributed by atoms with Crippen LogP contribution in [0.3, 0.4) is 0 Å². The summed E-state index contributed by atoms with van der Waals surface area (Å²) in [4.78, 5) is 15.3. The van der Waals surface area contributed by atoms with E-state index in [1.54, 1.807) is 0 Å². The maximum atomic E-state index is 9.98. The maximum absolute atomic E-state index is 9.98. The monoisotopic (exact) mass is 745 g/mol. The first-order valence-corrected chi connectivity index (χ1v) is 19.6. The van der Waals surface area contributed by atoms with E-state index in [0.717, 1.165) is 61.5 Å². The van der Waals surface area contributed by atoms with Crippen molar-refractivity contribution >= 4 is 28.8 Å². The number of nitrogens with one attached hydrogen (secondary N) is 2. The van der Waals surface area contributed by atoms with E-state index < -0.39 is 0 Å². The Morgan fingerprint density at radius 3 is 1.72 bits per heavy atom. The smallest absolute Gasteiger partial charge is 0.164 e. The van der Waals surface area contributed by atoms with Crippen LogP contribution >= 0.6 is 0 Å². The summed E-state index contributed by atoms with van der Waals surface area (Å²) < 4.78 is 0. The lowest BCUT2D eigenvalue weighted by Crippen LogP contribution is -2.20. The van der Waals surface area contributed by atoms with Crippen molar-refractivity contribution < 1.29 is 0 Å². The highest BCUT2D eigenvalue weighted by Gasteiger charge is 2.35. The fraction of sp³-hybridized carbons (Fsp3) is 0.0566. The summed E-state index contributed by atoms with van der Waals surface area (Å²) in [7, 11) is 0. The first kappa shape index (κ1) is 35.0. The number of rotatable bonds is 7. The molecule has 0 spiro atoms. The minimum Gasteiger partial charge on any atom is -0.354 e. The molecule has 1 aromatic heterocycles. The van der Waals surface area contributed by atoms with Gasteiger partial charge in [0.1, 0.15) is 0 Å². The van der Waals surface area contributed by atoms with Crippen LogP contribution in [0.25, 0.3) is 68.3 Å². The zero-order valence-corrected chi connectivity index (χ0v) is 32.2. The van der Waals surface area contributed by atoms with E-state index in [-0.39, 0.29) is 5.41 Å². The van der Waals surface area contributed by atoms with E-state index in [0.29, 0.717) is 23.2 Å². The van der Waals surface area contributed by atoms with Gasteiger partial charge in [0.05, 0.1) is 11.4 Å². The van der Waals surface area contributed by atoms with Gasteiger partial charge in [-0.1, -0.05) is 184 Å². The van der Waals surface area contributed by atoms with Crippen molar-refractivity contribution in [3.05, 3.63) is 221 Å². The number of hydrogen-bond donors (Lipinski definition) is 2. The largest absolute Gasteiger partial charge is 0.354 e. The highest BCUT2D eigenvalue weighted by molar-refractivity contribution is 6.36. The average Bonchev–Trinajstić information content (AvgIpc) is 3.52. The summed E-state index contributed by atoms with van der Waals surface area (Å²) in [5.41, 5.74) is 15.5. The van der Waals surface area contributed by atoms with Crippen LogP contribution < -0.4 is 5.32 Å². The highest BCUT2D eigenvalue weighted by Crippen LogP contribution is 2.49. The molecule has 2 N–H and O–H groups in total. The maximum Gasteiger partial charge on any atom is 0.164 e. The normalized spacial score (nSPS) is 14.3. The minimum absolute atomic E-state index is 0.162. The molecule has 0 amide bonds. The molecule has 10 rings (SSSR count). The Hall–Kier alpha value is -7.50. The molecule has 1 aliphatic heterocycles. The van der Waals surface area contributed by atoms with Crippen LogP contribution in [-0.4, -0.2) is 20.7 Å². The molecule has 2 heterocycles. The fourth-order valence-electron chi connectivity index (χ4n) is 8.38. The van der Waals surface area contributed by atoms with Crippen molar-refractivity contribution in [3.63, 3.8) is 0 Å². The van der Waals surface area contributed by atoms with Crippen LogP contribution in [0, 0.1) is 5.41 Å². The minimum atomic E-state index is -0.162. The van der Waals surface area contributed by atoms with Crippen LogP contribution in [0.15, 0.2) is 182 Å². The molecule has 58 heavy (non-hydrogen) atoms. The molecule has 0 saturated carbocycles. The summed E-state index contributed by atoms with van der Waals surface area (Å²) in [5, 5.41) is 13.7. The summed E-state index contributed by atoms with van der Waals surface area (Å²) in [5.74, 6) is 1.75. The molecule has 7 aromatic carbocycles. The standard InChI is InChI=1S/C53H39N5/c1-53(2)44-28-15-14-27-42(44)43-30-29-40(32-45(43)53)52-57-50(36-21-10-5-11-22-36)56-51(58-52)39-25-16-24-38(31-39)48(54)47(35-19-8-4-9-20-35)49-41-26-13-12-23-37(41)33-46(55-49)34-17-6-3-7-18-34/h3-33,54-55H,1-2H3/b49-47-,54-48?. The van der Waals surface area contributed by atoms with E-state index in [4.69, 9.17) is 15.0 Å². The van der Waals surface area contributed by atoms with Gasteiger partial charge in [-0.3, -0.25) is 5.41 Å². The lowest BCUT2D eigenvalue weighted by Gasteiger charge is -2.26. The molecular formula is C53H39N5. The number of benzene rings is 7. The van der Waals surface area contributed by atoms with Crippen LogP contribution in [0.1, 0.15) is 52.8 Å². The van der Waals surface area contributed by atoms with Gasteiger partial charge in [0.2, 0.25) is 0 Å². The molecule has 0 unspecified atom stereocenters. The molecule has 5 nitrogen and oxygen atoms in total. The molecule has 1 aliphatic carbocycles. The third-order valence-electron chi connectivity index (χ3n) is 11.4. The second-order valence-electron chi connectivity index (χ2n) is 15.3. The SMILES string of the molecule is CC1(C)c2ccccc2-c2ccc(-c3nc(-c4ccccc4)nc(-c4cccc(C(=N)/C(=C5\NC(c6ccccc6)=Cc6ccccc65)c5ccccc5)c4)n3)cc21. The average molecular weight is 746 g/mol. The number of fused-ring (bicyclic) bond motifs is 4. The number of nitrogens with zero attached hydrogens (tertiary/aromatic N) is 3. The molecular weight excluding hydrogens is 707 g/mol. The van der Waals surface area contributed by atoms with Crippen LogP contribution in [0.4, 0.5) is 0 Å². The third kappa shape index (κ3) is 6.14. The number of allylic oxidation sites excluding steroid dienone is 1. The molecule has 0 atom stereocenters. The van der Waals surface area contributed by atoms with E-state index in [9.17, 15) is 5.41 Å². The van der Waals surface area contributed by atoms with E-state index >= 15 is 0 Å². The lowest BCUT2D eigenvalue weighted by molar-refractivity contribution is 0.660. The quantitative estimate of drug-likeness (QED) is 0.159. The Balaban J connectivity index is 1.10. The third-order valence-corrected chi connectivity index (χ3v) is 11.4. The van der Waals surface area contributed by atoms with Crippen molar-refractivity contribution in [1.82, 2.24) is 20.3 Å². The summed E-state index contributed by atoms with van der Waals surface area (Å²) in [6, 6.07) is 62.3. The van der Waals surface area contributed by atoms with Crippen LogP contribution in [0.2, 0.25) is 0 Å². The lowest BCUT2D eigenvalue weighted by atomic mass is 9.82. The zero-order valence-electron chi connectivity index (χ0n) is 32.2. The predicted octanol–water partition coefficient (Wildman–Crippen LogP) is 12.2. The van der Waals surface area contributed by atoms with Crippen molar-refractivity contribution in [2.24, 2.45) is 0 Å². The second kappa shape index (κ2) is 14.2. The van der Waals surface area contributed by atoms with Crippen molar-refractivity contribution in [2.45, 2.75) is 19.3 Å². The summed E-state index contributed by atoms with van der Waals surface area (Å²) >= 11 is 0. The zero-order chi connectivity index (χ0) is 39.2. The number of hydrogen-bond acceptors (Lipinski definition) is 5. The number of aromatic nitrogens is 3. The Morgan fingerprint density at radius 1 is 0.466 bits per heavy atom. The molecule has 0 saturated heterocycles. The predicted molar refractivity (Wildman–Crippen MR) is 238 cm³/mol. The Bertz CT molecular complexity index is 2940. The second-order valence-corrected chi connectivity index (χ2v) is 15.3. The van der Waals surface area contributed by atoms with E-state index in [1.807, 2.05) is 91.0 Å². The van der Waals surface area contributed by atoms with Gasteiger partial charge in [-0.25, -0.2) is 15.0 Å². The van der Waals surface area contributed by atoms with Gasteiger partial charge in [-0.05, 0) is 57.2 Å². The van der Waals surface area contributed by atoms with E-state index in [1.165, 1.54) is 22.3 Å². The van der Waals surface area contributed by atoms with Gasteiger partial charge in [-0.2, -0.15) is 0 Å². The Labute approximate surface area is 338 Å². The summed E-state index contributed by atoms with van der Waals surface area (Å²) in [6.07, 6.45) is 2.19. The van der Waals surface area contributed by atoms with Crippen LogP contribution in [-0.2, 0) is 5.41 Å². The topological polar surface area (TPSA) is 74.6 Å². The molecule has 8 aromatic rings. The summed E-state index contributed by atoms with van der Waals surface area (Å²) in [6.45, 7) is 4.57. The molecule has 2 aliphatic rings. The van der Waals surface area contributed by atoms with Crippen molar-refractivity contribution in [3.8, 4) is 45.3 Å². The first-order chi connectivity index (χ1) is 28.4. The molecule has 0 radical (unpaired) electrons. The van der Waals surface area contributed by atoms with Gasteiger partial charge < -0.3 is 5.32 Å². The van der Waals surface area contributed by atoms with Gasteiger partial charge in [0.15, 0.2) is 17.5 Å².